The molecule has 0 aliphatic rings. The highest BCUT2D eigenvalue weighted by Crippen LogP contribution is 2.51. The van der Waals surface area contributed by atoms with Crippen molar-refractivity contribution in [2.24, 2.45) is 0 Å². The predicted octanol–water partition coefficient (Wildman–Crippen LogP) is 9.29. The molecule has 0 saturated carbocycles. The maximum Gasteiger partial charge on any atom is 0.0122 e. The van der Waals surface area contributed by atoms with Gasteiger partial charge in [-0.05, 0) is 93.4 Å². The third-order valence-electron chi connectivity index (χ3n) is 5.60. The van der Waals surface area contributed by atoms with Crippen LogP contribution in [0.25, 0.3) is 11.1 Å². The first-order chi connectivity index (χ1) is 16.3. The summed E-state index contributed by atoms with van der Waals surface area (Å²) in [5, 5.41) is 0. The predicted molar refractivity (Wildman–Crippen MR) is 144 cm³/mol. The normalized spacial score (nSPS) is 11.2. The molecule has 2 heteroatoms. The number of rotatable bonds is 6. The van der Waals surface area contributed by atoms with Crippen LogP contribution in [0.5, 0.6) is 0 Å². The van der Waals surface area contributed by atoms with Crippen molar-refractivity contribution in [1.29, 1.82) is 0 Å². The van der Waals surface area contributed by atoms with Gasteiger partial charge < -0.3 is 0 Å². The maximum absolute atomic E-state index is 2.30. The lowest BCUT2D eigenvalue weighted by Gasteiger charge is -2.23. The Morgan fingerprint density at radius 3 is 1.30 bits per heavy atom. The molecule has 0 spiro atoms. The monoisotopic (exact) mass is 462 g/mol. The van der Waals surface area contributed by atoms with Crippen molar-refractivity contribution in [3.8, 4) is 11.1 Å². The minimum absolute atomic E-state index is 0.567. The topological polar surface area (TPSA) is 0 Å². The van der Waals surface area contributed by atoms with E-state index >= 15 is 0 Å². The molecule has 0 radical (unpaired) electrons. The average Bonchev–Trinajstić information content (AvgIpc) is 2.88. The molecule has 0 amide bonds. The molecule has 0 fully saturated rings. The van der Waals surface area contributed by atoms with Crippen molar-refractivity contribution in [3.63, 3.8) is 0 Å². The molecule has 0 aliphatic heterocycles. The van der Waals surface area contributed by atoms with Gasteiger partial charge in [0.25, 0.3) is 0 Å². The van der Waals surface area contributed by atoms with Gasteiger partial charge in [0.15, 0.2) is 0 Å². The van der Waals surface area contributed by atoms with Gasteiger partial charge >= 0.3 is 0 Å². The van der Waals surface area contributed by atoms with Gasteiger partial charge in [-0.25, -0.2) is 0 Å². The molecule has 0 N–H and O–H groups in total. The third-order valence-corrected chi connectivity index (χ3v) is 9.06. The molecule has 0 nitrogen and oxygen atoms in total. The summed E-state index contributed by atoms with van der Waals surface area (Å²) in [5.74, 6) is 0. The van der Waals surface area contributed by atoms with E-state index in [9.17, 15) is 0 Å². The summed E-state index contributed by atoms with van der Waals surface area (Å²) < 4.78 is 0. The van der Waals surface area contributed by atoms with E-state index in [1.165, 1.54) is 41.2 Å². The van der Waals surface area contributed by atoms with Gasteiger partial charge in [0.05, 0.1) is 0 Å². The summed E-state index contributed by atoms with van der Waals surface area (Å²) >= 11 is 1.80. The summed E-state index contributed by atoms with van der Waals surface area (Å²) in [7, 11) is -0.567. The minimum Gasteiger partial charge on any atom is -0.173 e. The second-order valence-corrected chi connectivity index (χ2v) is 11.4. The van der Waals surface area contributed by atoms with E-state index in [1.54, 1.807) is 11.8 Å². The molecule has 0 unspecified atom stereocenters. The molecule has 0 aliphatic carbocycles. The number of thiol groups is 1. The third kappa shape index (κ3) is 5.24. The SMILES string of the molecule is Cc1ccc(Sc2ccc(-c3ccc([SH](c4ccccc4)c4ccccc4)cc3)cc2)cc1. The van der Waals surface area contributed by atoms with Crippen LogP contribution in [0.15, 0.2) is 158 Å². The van der Waals surface area contributed by atoms with Gasteiger partial charge in [0.1, 0.15) is 0 Å². The number of aryl methyl sites for hydroxylation is 1. The second-order valence-electron chi connectivity index (χ2n) is 7.99. The van der Waals surface area contributed by atoms with Crippen LogP contribution < -0.4 is 0 Å². The molecule has 0 saturated heterocycles. The lowest BCUT2D eigenvalue weighted by atomic mass is 10.1. The summed E-state index contributed by atoms with van der Waals surface area (Å²) in [6.07, 6.45) is 0. The molecular formula is C31H26S2. The standard InChI is InChI=1S/C31H26S2/c1-24-12-18-27(19-13-24)32-28-20-14-25(15-21-28)26-16-22-31(23-17-26)33(29-8-4-2-5-9-29)30-10-6-3-7-11-30/h2-23,33H,1H3. The molecule has 33 heavy (non-hydrogen) atoms. The van der Waals surface area contributed by atoms with Crippen LogP contribution in [0.1, 0.15) is 5.56 Å². The van der Waals surface area contributed by atoms with E-state index in [2.05, 4.69) is 140 Å². The molecule has 0 aromatic heterocycles. The molecule has 5 aromatic carbocycles. The number of benzene rings is 5. The molecule has 5 aromatic rings. The summed E-state index contributed by atoms with van der Waals surface area (Å²) in [4.78, 5) is 6.66. The zero-order valence-electron chi connectivity index (χ0n) is 18.6. The van der Waals surface area contributed by atoms with Crippen molar-refractivity contribution < 1.29 is 0 Å². The smallest absolute Gasteiger partial charge is 0.0122 e. The van der Waals surface area contributed by atoms with Gasteiger partial charge in [-0.1, -0.05) is 90.1 Å². The lowest BCUT2D eigenvalue weighted by Crippen LogP contribution is -1.88. The van der Waals surface area contributed by atoms with Crippen LogP contribution in [0, 0.1) is 6.92 Å². The number of hydrogen-bond acceptors (Lipinski definition) is 1. The molecular weight excluding hydrogens is 436 g/mol. The average molecular weight is 463 g/mol. The first kappa shape index (κ1) is 21.6. The molecule has 162 valence electrons. The Morgan fingerprint density at radius 1 is 0.424 bits per heavy atom. The summed E-state index contributed by atoms with van der Waals surface area (Å²) in [5.41, 5.74) is 3.79. The fourth-order valence-electron chi connectivity index (χ4n) is 3.86. The largest absolute Gasteiger partial charge is 0.173 e. The van der Waals surface area contributed by atoms with Crippen LogP contribution in [0.4, 0.5) is 0 Å². The fraction of sp³-hybridized carbons (Fsp3) is 0.0323. The van der Waals surface area contributed by atoms with E-state index in [-0.39, 0.29) is 0 Å². The second kappa shape index (κ2) is 10.2. The first-order valence-corrected chi connectivity index (χ1v) is 13.3. The summed E-state index contributed by atoms with van der Waals surface area (Å²) in [6.45, 7) is 2.12. The summed E-state index contributed by atoms with van der Waals surface area (Å²) in [6, 6.07) is 48.4. The molecule has 0 atom stereocenters. The van der Waals surface area contributed by atoms with Gasteiger partial charge in [-0.15, -0.1) is 0 Å². The Hall–Kier alpha value is -3.20. The Labute approximate surface area is 203 Å². The molecule has 0 heterocycles. The minimum atomic E-state index is -0.567. The quantitative estimate of drug-likeness (QED) is 0.245. The van der Waals surface area contributed by atoms with E-state index in [0.29, 0.717) is 0 Å². The fourth-order valence-corrected chi connectivity index (χ4v) is 6.96. The highest BCUT2D eigenvalue weighted by molar-refractivity contribution is 8.17. The van der Waals surface area contributed by atoms with Gasteiger partial charge in [-0.3, -0.25) is 0 Å². The van der Waals surface area contributed by atoms with Crippen molar-refractivity contribution in [2.45, 2.75) is 31.4 Å². The van der Waals surface area contributed by atoms with Gasteiger partial charge in [0.2, 0.25) is 0 Å². The highest BCUT2D eigenvalue weighted by atomic mass is 32.2. The highest BCUT2D eigenvalue weighted by Gasteiger charge is 2.12. The van der Waals surface area contributed by atoms with E-state index in [0.717, 1.165) is 0 Å². The van der Waals surface area contributed by atoms with Crippen molar-refractivity contribution >= 4 is 22.7 Å². The van der Waals surface area contributed by atoms with Crippen LogP contribution in [0.2, 0.25) is 0 Å². The zero-order valence-corrected chi connectivity index (χ0v) is 20.3. The lowest BCUT2D eigenvalue weighted by molar-refractivity contribution is 1.33. The van der Waals surface area contributed by atoms with Crippen molar-refractivity contribution in [2.75, 3.05) is 0 Å². The maximum atomic E-state index is 2.30. The van der Waals surface area contributed by atoms with Crippen LogP contribution >= 0.6 is 22.7 Å². The Kier molecular flexibility index (Phi) is 6.66. The van der Waals surface area contributed by atoms with Crippen LogP contribution in [-0.2, 0) is 0 Å². The Balaban J connectivity index is 1.38. The van der Waals surface area contributed by atoms with E-state index in [4.69, 9.17) is 0 Å². The number of hydrogen-bond donors (Lipinski definition) is 1. The molecule has 0 bridgehead atoms. The van der Waals surface area contributed by atoms with E-state index in [1.807, 2.05) is 0 Å². The van der Waals surface area contributed by atoms with Crippen LogP contribution in [0.3, 0.4) is 0 Å². The van der Waals surface area contributed by atoms with E-state index < -0.39 is 10.9 Å². The zero-order chi connectivity index (χ0) is 22.5. The molecule has 5 rings (SSSR count). The van der Waals surface area contributed by atoms with Crippen LogP contribution in [-0.4, -0.2) is 0 Å². The van der Waals surface area contributed by atoms with Gasteiger partial charge in [0, 0.05) is 9.79 Å². The van der Waals surface area contributed by atoms with Crippen molar-refractivity contribution in [1.82, 2.24) is 0 Å². The Bertz CT molecular complexity index is 1250. The van der Waals surface area contributed by atoms with Crippen molar-refractivity contribution in [3.05, 3.63) is 139 Å². The van der Waals surface area contributed by atoms with Gasteiger partial charge in [-0.2, -0.15) is 10.9 Å². The first-order valence-electron chi connectivity index (χ1n) is 11.1. The Morgan fingerprint density at radius 2 is 0.818 bits per heavy atom.